The lowest BCUT2D eigenvalue weighted by Gasteiger charge is -2.14. The number of aromatic nitrogens is 2. The number of amides is 1. The van der Waals surface area contributed by atoms with Crippen molar-refractivity contribution in [1.29, 1.82) is 0 Å². The number of thioether (sulfide) groups is 1. The van der Waals surface area contributed by atoms with E-state index in [0.29, 0.717) is 18.7 Å². The standard InChI is InChI=1S/C17H25N3O2S/c1-11(2)15(21)8-9-18-16(22)10-23-12(3)17-19-13-6-4-5-7-14(13)20-17/h4-7,11-12,15,21H,8-10H2,1-3H3,(H,18,22)(H,19,20). The molecule has 2 aromatic rings. The molecule has 0 aliphatic carbocycles. The summed E-state index contributed by atoms with van der Waals surface area (Å²) in [6, 6.07) is 7.90. The van der Waals surface area contributed by atoms with Gasteiger partial charge in [0, 0.05) is 6.54 Å². The van der Waals surface area contributed by atoms with E-state index in [4.69, 9.17) is 0 Å². The van der Waals surface area contributed by atoms with Gasteiger partial charge >= 0.3 is 0 Å². The summed E-state index contributed by atoms with van der Waals surface area (Å²) in [7, 11) is 0. The lowest BCUT2D eigenvalue weighted by molar-refractivity contribution is -0.118. The zero-order valence-electron chi connectivity index (χ0n) is 13.9. The van der Waals surface area contributed by atoms with E-state index in [0.717, 1.165) is 16.9 Å². The molecule has 1 amide bonds. The van der Waals surface area contributed by atoms with Crippen molar-refractivity contribution in [3.8, 4) is 0 Å². The van der Waals surface area contributed by atoms with Crippen LogP contribution in [0.3, 0.4) is 0 Å². The lowest BCUT2D eigenvalue weighted by atomic mass is 10.0. The van der Waals surface area contributed by atoms with Gasteiger partial charge in [-0.1, -0.05) is 26.0 Å². The molecular weight excluding hydrogens is 310 g/mol. The predicted molar refractivity (Wildman–Crippen MR) is 95.4 cm³/mol. The van der Waals surface area contributed by atoms with Gasteiger partial charge in [-0.15, -0.1) is 11.8 Å². The Hall–Kier alpha value is -1.53. The van der Waals surface area contributed by atoms with Crippen LogP contribution in [0.1, 0.15) is 38.3 Å². The van der Waals surface area contributed by atoms with Crippen LogP contribution in [0.15, 0.2) is 24.3 Å². The van der Waals surface area contributed by atoms with Gasteiger partial charge in [0.05, 0.1) is 28.1 Å². The molecule has 2 unspecified atom stereocenters. The minimum absolute atomic E-state index is 0.00563. The fourth-order valence-electron chi connectivity index (χ4n) is 2.19. The Morgan fingerprint density at radius 3 is 2.78 bits per heavy atom. The van der Waals surface area contributed by atoms with Crippen molar-refractivity contribution in [3.63, 3.8) is 0 Å². The first kappa shape index (κ1) is 17.8. The molecule has 3 N–H and O–H groups in total. The van der Waals surface area contributed by atoms with Gasteiger partial charge in [0.2, 0.25) is 5.91 Å². The highest BCUT2D eigenvalue weighted by Crippen LogP contribution is 2.27. The van der Waals surface area contributed by atoms with Crippen molar-refractivity contribution >= 4 is 28.7 Å². The molecule has 2 rings (SSSR count). The minimum Gasteiger partial charge on any atom is -0.393 e. The van der Waals surface area contributed by atoms with E-state index in [1.54, 1.807) is 11.8 Å². The number of aliphatic hydroxyl groups excluding tert-OH is 1. The molecule has 5 nitrogen and oxygen atoms in total. The summed E-state index contributed by atoms with van der Waals surface area (Å²) in [6.45, 7) is 6.49. The summed E-state index contributed by atoms with van der Waals surface area (Å²) in [5.41, 5.74) is 1.96. The van der Waals surface area contributed by atoms with Gasteiger partial charge in [0.15, 0.2) is 0 Å². The van der Waals surface area contributed by atoms with Gasteiger partial charge in [0.25, 0.3) is 0 Å². The van der Waals surface area contributed by atoms with Crippen molar-refractivity contribution in [3.05, 3.63) is 30.1 Å². The van der Waals surface area contributed by atoms with E-state index < -0.39 is 0 Å². The van der Waals surface area contributed by atoms with E-state index in [1.165, 1.54) is 0 Å². The number of benzene rings is 1. The van der Waals surface area contributed by atoms with E-state index in [9.17, 15) is 9.90 Å². The average molecular weight is 335 g/mol. The number of hydrogen-bond donors (Lipinski definition) is 3. The molecule has 126 valence electrons. The number of H-pyrrole nitrogens is 1. The maximum atomic E-state index is 11.9. The number of aromatic amines is 1. The molecule has 0 aliphatic heterocycles. The maximum Gasteiger partial charge on any atom is 0.230 e. The van der Waals surface area contributed by atoms with Crippen molar-refractivity contribution in [2.75, 3.05) is 12.3 Å². The summed E-state index contributed by atoms with van der Waals surface area (Å²) in [5, 5.41) is 12.7. The van der Waals surface area contributed by atoms with Gasteiger partial charge in [-0.3, -0.25) is 4.79 Å². The van der Waals surface area contributed by atoms with Crippen LogP contribution in [0.4, 0.5) is 0 Å². The fourth-order valence-corrected chi connectivity index (χ4v) is 2.96. The highest BCUT2D eigenvalue weighted by atomic mass is 32.2. The molecule has 2 atom stereocenters. The first-order valence-corrected chi connectivity index (χ1v) is 9.03. The van der Waals surface area contributed by atoms with Crippen LogP contribution >= 0.6 is 11.8 Å². The van der Waals surface area contributed by atoms with E-state index in [-0.39, 0.29) is 23.2 Å². The predicted octanol–water partition coefficient (Wildman–Crippen LogP) is 2.88. The number of para-hydroxylation sites is 2. The molecular formula is C17H25N3O2S. The monoisotopic (exact) mass is 335 g/mol. The Balaban J connectivity index is 1.75. The van der Waals surface area contributed by atoms with E-state index in [2.05, 4.69) is 15.3 Å². The van der Waals surface area contributed by atoms with Crippen LogP contribution in [0.25, 0.3) is 11.0 Å². The van der Waals surface area contributed by atoms with Crippen molar-refractivity contribution < 1.29 is 9.90 Å². The molecule has 0 spiro atoms. The average Bonchev–Trinajstić information content (AvgIpc) is 2.96. The summed E-state index contributed by atoms with van der Waals surface area (Å²) in [6.07, 6.45) is 0.227. The van der Waals surface area contributed by atoms with Crippen LogP contribution in [0.2, 0.25) is 0 Å². The molecule has 0 saturated carbocycles. The molecule has 1 aromatic heterocycles. The second kappa shape index (κ2) is 8.36. The topological polar surface area (TPSA) is 78.0 Å². The molecule has 0 aliphatic rings. The number of carbonyl (C=O) groups is 1. The number of nitrogens with zero attached hydrogens (tertiary/aromatic N) is 1. The Bertz CT molecular complexity index is 609. The zero-order valence-corrected chi connectivity index (χ0v) is 14.7. The minimum atomic E-state index is -0.363. The van der Waals surface area contributed by atoms with Crippen LogP contribution < -0.4 is 5.32 Å². The number of carbonyl (C=O) groups excluding carboxylic acids is 1. The number of aliphatic hydroxyl groups is 1. The quantitative estimate of drug-likeness (QED) is 0.693. The van der Waals surface area contributed by atoms with Gasteiger partial charge in [0.1, 0.15) is 5.82 Å². The normalized spacial score (nSPS) is 14.1. The SMILES string of the molecule is CC(SCC(=O)NCCC(O)C(C)C)c1nc2ccccc2[nH]1. The molecule has 1 heterocycles. The van der Waals surface area contributed by atoms with Crippen molar-refractivity contribution in [2.45, 2.75) is 38.5 Å². The van der Waals surface area contributed by atoms with Crippen LogP contribution in [-0.2, 0) is 4.79 Å². The van der Waals surface area contributed by atoms with Crippen molar-refractivity contribution in [2.24, 2.45) is 5.92 Å². The molecule has 0 fully saturated rings. The molecule has 0 radical (unpaired) electrons. The van der Waals surface area contributed by atoms with E-state index >= 15 is 0 Å². The smallest absolute Gasteiger partial charge is 0.230 e. The Kier molecular flexibility index (Phi) is 6.47. The Labute approximate surface area is 141 Å². The highest BCUT2D eigenvalue weighted by molar-refractivity contribution is 8.00. The Morgan fingerprint density at radius 1 is 1.35 bits per heavy atom. The molecule has 0 saturated heterocycles. The number of hydrogen-bond acceptors (Lipinski definition) is 4. The van der Waals surface area contributed by atoms with Crippen molar-refractivity contribution in [1.82, 2.24) is 15.3 Å². The highest BCUT2D eigenvalue weighted by Gasteiger charge is 2.14. The van der Waals surface area contributed by atoms with Crippen LogP contribution in [0, 0.1) is 5.92 Å². The summed E-state index contributed by atoms with van der Waals surface area (Å²) < 4.78 is 0. The maximum absolute atomic E-state index is 11.9. The van der Waals surface area contributed by atoms with E-state index in [1.807, 2.05) is 45.0 Å². The first-order valence-electron chi connectivity index (χ1n) is 7.98. The molecule has 6 heteroatoms. The molecule has 1 aromatic carbocycles. The number of imidazole rings is 1. The summed E-state index contributed by atoms with van der Waals surface area (Å²) in [5.74, 6) is 1.48. The second-order valence-electron chi connectivity index (χ2n) is 6.04. The molecule has 23 heavy (non-hydrogen) atoms. The third-order valence-corrected chi connectivity index (χ3v) is 4.94. The zero-order chi connectivity index (χ0) is 16.8. The van der Waals surface area contributed by atoms with Gasteiger partial charge in [-0.05, 0) is 31.4 Å². The second-order valence-corrected chi connectivity index (χ2v) is 7.37. The number of fused-ring (bicyclic) bond motifs is 1. The van der Waals surface area contributed by atoms with Gasteiger partial charge in [-0.2, -0.15) is 0 Å². The largest absolute Gasteiger partial charge is 0.393 e. The Morgan fingerprint density at radius 2 is 2.09 bits per heavy atom. The summed E-state index contributed by atoms with van der Waals surface area (Å²) in [4.78, 5) is 19.7. The fraction of sp³-hybridized carbons (Fsp3) is 0.529. The first-order chi connectivity index (χ1) is 11.0. The van der Waals surface area contributed by atoms with Gasteiger partial charge < -0.3 is 15.4 Å². The number of nitrogens with one attached hydrogen (secondary N) is 2. The lowest BCUT2D eigenvalue weighted by Crippen LogP contribution is -2.30. The van der Waals surface area contributed by atoms with Gasteiger partial charge in [-0.25, -0.2) is 4.98 Å². The number of rotatable bonds is 8. The summed E-state index contributed by atoms with van der Waals surface area (Å²) >= 11 is 1.55. The van der Waals surface area contributed by atoms with Crippen LogP contribution in [-0.4, -0.2) is 39.4 Å². The third kappa shape index (κ3) is 5.25. The van der Waals surface area contributed by atoms with Crippen LogP contribution in [0.5, 0.6) is 0 Å². The third-order valence-electron chi connectivity index (χ3n) is 3.79. The molecule has 0 bridgehead atoms.